The van der Waals surface area contributed by atoms with Crippen molar-refractivity contribution < 1.29 is 13.6 Å². The van der Waals surface area contributed by atoms with Gasteiger partial charge in [0.15, 0.2) is 0 Å². The molecule has 1 rings (SSSR count). The molecule has 1 atom stereocenters. The molecule has 0 amide bonds. The van der Waals surface area contributed by atoms with Gasteiger partial charge in [-0.25, -0.2) is 8.78 Å². The molecule has 0 spiro atoms. The minimum absolute atomic E-state index is 0.0356. The first kappa shape index (κ1) is 11.3. The maximum Gasteiger partial charge on any atom is 0.143 e. The SMILES string of the molecule is CC(=O)[C@@H](Br)Cc1c(F)cccc1F. The Morgan fingerprint density at radius 1 is 1.43 bits per heavy atom. The fourth-order valence-corrected chi connectivity index (χ4v) is 1.37. The molecule has 0 aliphatic carbocycles. The number of rotatable bonds is 3. The second kappa shape index (κ2) is 4.64. The second-order valence-corrected chi connectivity index (χ2v) is 4.09. The molecule has 0 unspecified atom stereocenters. The number of hydrogen-bond donors (Lipinski definition) is 0. The van der Waals surface area contributed by atoms with E-state index in [0.717, 1.165) is 0 Å². The van der Waals surface area contributed by atoms with Crippen molar-refractivity contribution >= 4 is 21.7 Å². The standard InChI is InChI=1S/C10H9BrF2O/c1-6(14)8(11)5-7-9(12)3-2-4-10(7)13/h2-4,8H,5H2,1H3/t8-/m0/s1. The van der Waals surface area contributed by atoms with Gasteiger partial charge in [0.05, 0.1) is 4.83 Å². The third-order valence-corrected chi connectivity index (χ3v) is 2.85. The summed E-state index contributed by atoms with van der Waals surface area (Å²) in [5.74, 6) is -1.38. The molecule has 0 heterocycles. The van der Waals surface area contributed by atoms with E-state index in [9.17, 15) is 13.6 Å². The molecule has 0 saturated carbocycles. The van der Waals surface area contributed by atoms with E-state index >= 15 is 0 Å². The van der Waals surface area contributed by atoms with Crippen LogP contribution in [0.25, 0.3) is 0 Å². The maximum atomic E-state index is 13.1. The monoisotopic (exact) mass is 262 g/mol. The Balaban J connectivity index is 2.91. The molecule has 0 aliphatic heterocycles. The first-order valence-electron chi connectivity index (χ1n) is 4.09. The predicted octanol–water partition coefficient (Wildman–Crippen LogP) is 2.86. The summed E-state index contributed by atoms with van der Waals surface area (Å²) < 4.78 is 26.2. The van der Waals surface area contributed by atoms with Gasteiger partial charge in [-0.05, 0) is 25.5 Å². The number of alkyl halides is 1. The molecule has 0 radical (unpaired) electrons. The summed E-state index contributed by atoms with van der Waals surface area (Å²) in [5.41, 5.74) is -0.0513. The highest BCUT2D eigenvalue weighted by Gasteiger charge is 2.16. The molecule has 1 nitrogen and oxygen atoms in total. The van der Waals surface area contributed by atoms with Gasteiger partial charge in [0.1, 0.15) is 17.4 Å². The van der Waals surface area contributed by atoms with Crippen LogP contribution in [0.15, 0.2) is 18.2 Å². The van der Waals surface area contributed by atoms with Crippen molar-refractivity contribution in [3.63, 3.8) is 0 Å². The molecule has 76 valence electrons. The second-order valence-electron chi connectivity index (χ2n) is 2.98. The van der Waals surface area contributed by atoms with Crippen molar-refractivity contribution in [3.05, 3.63) is 35.4 Å². The van der Waals surface area contributed by atoms with Gasteiger partial charge < -0.3 is 0 Å². The van der Waals surface area contributed by atoms with Crippen molar-refractivity contribution in [3.8, 4) is 0 Å². The molecule has 0 bridgehead atoms. The summed E-state index contributed by atoms with van der Waals surface area (Å²) in [6.07, 6.45) is 0.0356. The van der Waals surface area contributed by atoms with E-state index in [1.54, 1.807) is 0 Å². The van der Waals surface area contributed by atoms with Crippen LogP contribution >= 0.6 is 15.9 Å². The quantitative estimate of drug-likeness (QED) is 0.766. The summed E-state index contributed by atoms with van der Waals surface area (Å²) in [7, 11) is 0. The van der Waals surface area contributed by atoms with Crippen molar-refractivity contribution in [1.82, 2.24) is 0 Å². The smallest absolute Gasteiger partial charge is 0.143 e. The van der Waals surface area contributed by atoms with Crippen molar-refractivity contribution in [2.24, 2.45) is 0 Å². The van der Waals surface area contributed by atoms with Crippen LogP contribution in [-0.4, -0.2) is 10.6 Å². The lowest BCUT2D eigenvalue weighted by Gasteiger charge is -2.07. The zero-order valence-electron chi connectivity index (χ0n) is 7.56. The summed E-state index contributed by atoms with van der Waals surface area (Å²) in [6.45, 7) is 1.37. The van der Waals surface area contributed by atoms with Crippen molar-refractivity contribution in [2.75, 3.05) is 0 Å². The Morgan fingerprint density at radius 3 is 2.36 bits per heavy atom. The molecule has 1 aromatic carbocycles. The van der Waals surface area contributed by atoms with Gasteiger partial charge in [0, 0.05) is 5.56 Å². The van der Waals surface area contributed by atoms with Crippen LogP contribution in [0.4, 0.5) is 8.78 Å². The molecule has 0 saturated heterocycles. The molecule has 0 aromatic heterocycles. The molecule has 0 fully saturated rings. The normalized spacial score (nSPS) is 12.6. The van der Waals surface area contributed by atoms with Gasteiger partial charge in [-0.15, -0.1) is 0 Å². The zero-order chi connectivity index (χ0) is 10.7. The average molecular weight is 263 g/mol. The number of Topliss-reactive ketones (excluding diaryl/α,β-unsaturated/α-hetero) is 1. The van der Waals surface area contributed by atoms with Crippen LogP contribution in [-0.2, 0) is 11.2 Å². The number of ketones is 1. The van der Waals surface area contributed by atoms with Crippen LogP contribution in [0, 0.1) is 11.6 Å². The number of benzene rings is 1. The topological polar surface area (TPSA) is 17.1 Å². The third kappa shape index (κ3) is 2.61. The van der Waals surface area contributed by atoms with Crippen molar-refractivity contribution in [1.29, 1.82) is 0 Å². The van der Waals surface area contributed by atoms with E-state index in [-0.39, 0.29) is 17.8 Å². The molecular formula is C10H9BrF2O. The largest absolute Gasteiger partial charge is 0.299 e. The van der Waals surface area contributed by atoms with Crippen LogP contribution in [0.1, 0.15) is 12.5 Å². The first-order valence-corrected chi connectivity index (χ1v) is 5.01. The Kier molecular flexibility index (Phi) is 3.75. The third-order valence-electron chi connectivity index (χ3n) is 1.89. The van der Waals surface area contributed by atoms with Crippen LogP contribution < -0.4 is 0 Å². The lowest BCUT2D eigenvalue weighted by atomic mass is 10.1. The molecule has 0 N–H and O–H groups in total. The van der Waals surface area contributed by atoms with Crippen molar-refractivity contribution in [2.45, 2.75) is 18.2 Å². The average Bonchev–Trinajstić information content (AvgIpc) is 2.11. The minimum Gasteiger partial charge on any atom is -0.299 e. The lowest BCUT2D eigenvalue weighted by Crippen LogP contribution is -2.14. The van der Waals surface area contributed by atoms with Crippen LogP contribution in [0.2, 0.25) is 0 Å². The lowest BCUT2D eigenvalue weighted by molar-refractivity contribution is -0.116. The Hall–Kier alpha value is -0.770. The van der Waals surface area contributed by atoms with Gasteiger partial charge in [-0.2, -0.15) is 0 Å². The van der Waals surface area contributed by atoms with Gasteiger partial charge >= 0.3 is 0 Å². The number of hydrogen-bond acceptors (Lipinski definition) is 1. The first-order chi connectivity index (χ1) is 6.52. The highest BCUT2D eigenvalue weighted by molar-refractivity contribution is 9.10. The highest BCUT2D eigenvalue weighted by Crippen LogP contribution is 2.17. The number of carbonyl (C=O) groups is 1. The van der Waals surface area contributed by atoms with E-state index in [1.807, 2.05) is 0 Å². The Labute approximate surface area is 89.3 Å². The van der Waals surface area contributed by atoms with Gasteiger partial charge in [-0.1, -0.05) is 22.0 Å². The summed E-state index contributed by atoms with van der Waals surface area (Å²) >= 11 is 3.06. The maximum absolute atomic E-state index is 13.1. The molecule has 14 heavy (non-hydrogen) atoms. The zero-order valence-corrected chi connectivity index (χ0v) is 9.14. The molecule has 0 aliphatic rings. The fourth-order valence-electron chi connectivity index (χ4n) is 1.05. The van der Waals surface area contributed by atoms with Crippen LogP contribution in [0.5, 0.6) is 0 Å². The van der Waals surface area contributed by atoms with E-state index < -0.39 is 16.5 Å². The summed E-state index contributed by atoms with van der Waals surface area (Å²) in [4.78, 5) is 10.3. The van der Waals surface area contributed by atoms with Crippen LogP contribution in [0.3, 0.4) is 0 Å². The highest BCUT2D eigenvalue weighted by atomic mass is 79.9. The van der Waals surface area contributed by atoms with E-state index in [1.165, 1.54) is 25.1 Å². The van der Waals surface area contributed by atoms with E-state index in [2.05, 4.69) is 15.9 Å². The van der Waals surface area contributed by atoms with E-state index in [0.29, 0.717) is 0 Å². The molecular weight excluding hydrogens is 254 g/mol. The predicted molar refractivity (Wildman–Crippen MR) is 53.5 cm³/mol. The van der Waals surface area contributed by atoms with E-state index in [4.69, 9.17) is 0 Å². The number of halogens is 3. The molecule has 1 aromatic rings. The summed E-state index contributed by atoms with van der Waals surface area (Å²) in [6, 6.07) is 3.65. The molecule has 4 heteroatoms. The minimum atomic E-state index is -0.615. The summed E-state index contributed by atoms with van der Waals surface area (Å²) in [5, 5.41) is 0. The van der Waals surface area contributed by atoms with Gasteiger partial charge in [0.2, 0.25) is 0 Å². The number of carbonyl (C=O) groups excluding carboxylic acids is 1. The Bertz CT molecular complexity index is 332. The fraction of sp³-hybridized carbons (Fsp3) is 0.300. The van der Waals surface area contributed by atoms with Gasteiger partial charge in [0.25, 0.3) is 0 Å². The Morgan fingerprint density at radius 2 is 1.93 bits per heavy atom. The van der Waals surface area contributed by atoms with Gasteiger partial charge in [-0.3, -0.25) is 4.79 Å².